The maximum absolute atomic E-state index is 11.0. The number of nitrogens with zero attached hydrogens (tertiary/aromatic N) is 2. The van der Waals surface area contributed by atoms with Crippen molar-refractivity contribution >= 4 is 40.6 Å². The summed E-state index contributed by atoms with van der Waals surface area (Å²) in [6.07, 6.45) is 4.51. The summed E-state index contributed by atoms with van der Waals surface area (Å²) in [6, 6.07) is 10.7. The van der Waals surface area contributed by atoms with Crippen molar-refractivity contribution in [3.63, 3.8) is 0 Å². The second-order valence-corrected chi connectivity index (χ2v) is 7.97. The quantitative estimate of drug-likeness (QED) is 0.410. The van der Waals surface area contributed by atoms with Crippen molar-refractivity contribution in [2.45, 2.75) is 17.6 Å². The molecule has 0 aliphatic carbocycles. The molecule has 3 aromatic rings. The number of thiophene rings is 1. The average Bonchev–Trinajstić information content (AvgIpc) is 3.14. The van der Waals surface area contributed by atoms with Gasteiger partial charge in [-0.3, -0.25) is 0 Å². The Morgan fingerprint density at radius 1 is 1.26 bits per heavy atom. The zero-order valence-electron chi connectivity index (χ0n) is 15.0. The lowest BCUT2D eigenvalue weighted by Crippen LogP contribution is -2.05. The number of carboxylic acids is 1. The molecule has 27 heavy (non-hydrogen) atoms. The number of rotatable bonds is 7. The van der Waals surface area contributed by atoms with Crippen molar-refractivity contribution in [2.75, 3.05) is 11.6 Å². The molecule has 2 N–H and O–H groups in total. The van der Waals surface area contributed by atoms with Gasteiger partial charge in [0.15, 0.2) is 5.82 Å². The number of hydrogen-bond acceptors (Lipinski definition) is 6. The van der Waals surface area contributed by atoms with Gasteiger partial charge in [0.25, 0.3) is 0 Å². The maximum atomic E-state index is 11.0. The predicted molar refractivity (Wildman–Crippen MR) is 112 cm³/mol. The highest BCUT2D eigenvalue weighted by Gasteiger charge is 2.14. The molecule has 0 aliphatic rings. The molecule has 5 nitrogen and oxygen atoms in total. The van der Waals surface area contributed by atoms with E-state index in [1.807, 2.05) is 25.3 Å². The van der Waals surface area contributed by atoms with E-state index < -0.39 is 5.97 Å². The minimum atomic E-state index is -0.948. The van der Waals surface area contributed by atoms with Gasteiger partial charge in [-0.25, -0.2) is 14.8 Å². The van der Waals surface area contributed by atoms with Crippen molar-refractivity contribution in [3.8, 4) is 10.7 Å². The van der Waals surface area contributed by atoms with Gasteiger partial charge in [0.05, 0.1) is 14.6 Å². The summed E-state index contributed by atoms with van der Waals surface area (Å²) in [4.78, 5) is 21.5. The Morgan fingerprint density at radius 3 is 2.59 bits per heavy atom. The fourth-order valence-corrected chi connectivity index (χ4v) is 4.06. The van der Waals surface area contributed by atoms with E-state index in [1.54, 1.807) is 47.4 Å². The number of carboxylic acid groups (broad SMARTS) is 1. The molecule has 2 heterocycles. The van der Waals surface area contributed by atoms with Crippen LogP contribution in [0.4, 0.5) is 11.5 Å². The highest BCUT2D eigenvalue weighted by atomic mass is 32.2. The zero-order chi connectivity index (χ0) is 19.4. The van der Waals surface area contributed by atoms with E-state index in [-0.39, 0.29) is 5.56 Å². The summed E-state index contributed by atoms with van der Waals surface area (Å²) in [5.41, 5.74) is 2.88. The van der Waals surface area contributed by atoms with Crippen LogP contribution < -0.4 is 5.32 Å². The molecule has 2 aromatic heterocycles. The van der Waals surface area contributed by atoms with Crippen LogP contribution in [0, 0.1) is 6.92 Å². The second kappa shape index (κ2) is 8.37. The molecule has 0 fully saturated rings. The normalized spacial score (nSPS) is 10.6. The lowest BCUT2D eigenvalue weighted by atomic mass is 10.1. The first-order valence-corrected chi connectivity index (χ1v) is 10.3. The third-order valence-corrected chi connectivity index (χ3v) is 6.12. The minimum absolute atomic E-state index is 0.245. The third kappa shape index (κ3) is 4.37. The molecule has 0 saturated carbocycles. The highest BCUT2D eigenvalue weighted by molar-refractivity contribution is 8.00. The van der Waals surface area contributed by atoms with E-state index in [0.29, 0.717) is 18.1 Å². The number of benzene rings is 1. The summed E-state index contributed by atoms with van der Waals surface area (Å²) < 4.78 is 1.21. The van der Waals surface area contributed by atoms with Gasteiger partial charge in [-0.15, -0.1) is 29.7 Å². The number of allylic oxidation sites excluding steroid dienone is 1. The molecule has 0 unspecified atom stereocenters. The van der Waals surface area contributed by atoms with Crippen LogP contribution in [0.3, 0.4) is 0 Å². The van der Waals surface area contributed by atoms with Crippen LogP contribution in [-0.2, 0) is 6.42 Å². The molecule has 0 bridgehead atoms. The van der Waals surface area contributed by atoms with Crippen molar-refractivity contribution in [1.29, 1.82) is 0 Å². The molecule has 0 radical (unpaired) electrons. The molecule has 0 saturated heterocycles. The Labute approximate surface area is 166 Å². The second-order valence-electron chi connectivity index (χ2n) is 5.78. The first-order valence-electron chi connectivity index (χ1n) is 8.24. The van der Waals surface area contributed by atoms with Gasteiger partial charge < -0.3 is 10.4 Å². The molecule has 7 heteroatoms. The van der Waals surface area contributed by atoms with Gasteiger partial charge in [-0.2, -0.15) is 0 Å². The Hall–Kier alpha value is -2.64. The largest absolute Gasteiger partial charge is 0.478 e. The summed E-state index contributed by atoms with van der Waals surface area (Å²) in [5, 5.41) is 12.4. The van der Waals surface area contributed by atoms with Crippen LogP contribution in [0.15, 0.2) is 53.3 Å². The number of thioether (sulfide) groups is 1. The smallest absolute Gasteiger partial charge is 0.335 e. The minimum Gasteiger partial charge on any atom is -0.478 e. The highest BCUT2D eigenvalue weighted by Crippen LogP contribution is 2.33. The van der Waals surface area contributed by atoms with Crippen LogP contribution in [0.2, 0.25) is 0 Å². The van der Waals surface area contributed by atoms with E-state index in [4.69, 9.17) is 10.1 Å². The average molecular weight is 398 g/mol. The SMILES string of the molecule is C=CCc1c(C)nc(-c2ccc(SC)s2)nc1Nc1ccc(C(=O)O)cc1. The molecule has 0 atom stereocenters. The van der Waals surface area contributed by atoms with E-state index >= 15 is 0 Å². The molecular weight excluding hydrogens is 378 g/mol. The zero-order valence-corrected chi connectivity index (χ0v) is 16.7. The van der Waals surface area contributed by atoms with Crippen molar-refractivity contribution in [2.24, 2.45) is 0 Å². The molecule has 138 valence electrons. The Kier molecular flexibility index (Phi) is 5.93. The standard InChI is InChI=1S/C20H19N3O2S2/c1-4-5-15-12(2)21-19(16-10-11-17(26-3)27-16)23-18(15)22-14-8-6-13(7-9-14)20(24)25/h4,6-11H,1,5H2,2-3H3,(H,24,25)(H,21,22,23). The fraction of sp³-hybridized carbons (Fsp3) is 0.150. The Balaban J connectivity index is 2.00. The fourth-order valence-electron chi connectivity index (χ4n) is 2.58. The van der Waals surface area contributed by atoms with Crippen LogP contribution >= 0.6 is 23.1 Å². The van der Waals surface area contributed by atoms with Gasteiger partial charge in [0.1, 0.15) is 5.82 Å². The van der Waals surface area contributed by atoms with E-state index in [9.17, 15) is 4.79 Å². The van der Waals surface area contributed by atoms with Crippen molar-refractivity contribution in [3.05, 3.63) is 65.9 Å². The molecular formula is C20H19N3O2S2. The van der Waals surface area contributed by atoms with Crippen LogP contribution in [0.25, 0.3) is 10.7 Å². The lowest BCUT2D eigenvalue weighted by Gasteiger charge is -2.14. The molecule has 3 rings (SSSR count). The monoisotopic (exact) mass is 397 g/mol. The number of aromatic nitrogens is 2. The van der Waals surface area contributed by atoms with Gasteiger partial charge in [0, 0.05) is 16.9 Å². The van der Waals surface area contributed by atoms with Crippen LogP contribution in [0.1, 0.15) is 21.6 Å². The summed E-state index contributed by atoms with van der Waals surface area (Å²) in [7, 11) is 0. The number of nitrogens with one attached hydrogen (secondary N) is 1. The van der Waals surface area contributed by atoms with Gasteiger partial charge in [-0.05, 0) is 56.0 Å². The van der Waals surface area contributed by atoms with E-state index in [2.05, 4.69) is 22.9 Å². The number of anilines is 2. The molecule has 1 aromatic carbocycles. The summed E-state index contributed by atoms with van der Waals surface area (Å²) in [5.74, 6) is 0.436. The summed E-state index contributed by atoms with van der Waals surface area (Å²) >= 11 is 3.36. The number of aromatic carboxylic acids is 1. The van der Waals surface area contributed by atoms with Gasteiger partial charge >= 0.3 is 5.97 Å². The Morgan fingerprint density at radius 2 is 2.00 bits per heavy atom. The first kappa shape index (κ1) is 19.1. The number of carbonyl (C=O) groups is 1. The van der Waals surface area contributed by atoms with Crippen LogP contribution in [0.5, 0.6) is 0 Å². The molecule has 0 amide bonds. The Bertz CT molecular complexity index is 981. The van der Waals surface area contributed by atoms with E-state index in [0.717, 1.165) is 21.8 Å². The van der Waals surface area contributed by atoms with Crippen LogP contribution in [-0.4, -0.2) is 27.3 Å². The summed E-state index contributed by atoms with van der Waals surface area (Å²) in [6.45, 7) is 5.79. The predicted octanol–water partition coefficient (Wildman–Crippen LogP) is 5.41. The van der Waals surface area contributed by atoms with Gasteiger partial charge in [0.2, 0.25) is 0 Å². The molecule has 0 aliphatic heterocycles. The van der Waals surface area contributed by atoms with Crippen molar-refractivity contribution < 1.29 is 9.90 Å². The van der Waals surface area contributed by atoms with Gasteiger partial charge in [-0.1, -0.05) is 6.08 Å². The van der Waals surface area contributed by atoms with E-state index in [1.165, 1.54) is 4.21 Å². The number of aryl methyl sites for hydroxylation is 1. The molecule has 0 spiro atoms. The maximum Gasteiger partial charge on any atom is 0.335 e. The van der Waals surface area contributed by atoms with Crippen molar-refractivity contribution in [1.82, 2.24) is 9.97 Å². The number of hydrogen-bond donors (Lipinski definition) is 2. The lowest BCUT2D eigenvalue weighted by molar-refractivity contribution is 0.0697. The topological polar surface area (TPSA) is 75.1 Å². The first-order chi connectivity index (χ1) is 13.0. The third-order valence-electron chi connectivity index (χ3n) is 3.96.